The molecule has 28 heteroatoms. The van der Waals surface area contributed by atoms with Gasteiger partial charge in [0.15, 0.2) is 0 Å². The molecule has 0 saturated heterocycles. The standard InChI is InChI=1S/C69H102N10O18/c1-67(2)42-53(52(48-70)49-71)61(64(80)95-39-36-92-33-30-89-27-24-83-9)56(45-67)76-12-18-86-21-15-79(16-22-87-19-13-77-57-46-68(3,4)43-54(59(50-72)74-7)62(57)65(81)96-40-37-93-34-31-90-28-25-84-10)17-23-88-20-14-78-58-47-69(5,6)44-55(60(51-73)75-8)63(58)66(82)97-41-38-94-35-32-91-29-26-85-11/h76-78H,12-47H2,1-6,9-11H3/b59-54-,60-55-. The molecule has 0 heterocycles. The van der Waals surface area contributed by atoms with Crippen molar-refractivity contribution in [1.29, 1.82) is 21.0 Å². The number of nitriles is 4. The van der Waals surface area contributed by atoms with Gasteiger partial charge in [0.25, 0.3) is 11.4 Å². The van der Waals surface area contributed by atoms with Crippen LogP contribution in [-0.4, -0.2) is 242 Å². The number of ether oxygens (including phenoxy) is 15. The van der Waals surface area contributed by atoms with Crippen molar-refractivity contribution in [3.63, 3.8) is 0 Å². The molecule has 0 radical (unpaired) electrons. The summed E-state index contributed by atoms with van der Waals surface area (Å²) in [7, 11) is 4.75. The molecule has 0 bridgehead atoms. The van der Waals surface area contributed by atoms with Gasteiger partial charge in [-0.05, 0) is 71.5 Å². The Bertz CT molecular complexity index is 2590. The highest BCUT2D eigenvalue weighted by molar-refractivity contribution is 5.97. The van der Waals surface area contributed by atoms with E-state index in [1.54, 1.807) is 21.3 Å². The lowest BCUT2D eigenvalue weighted by Gasteiger charge is -2.35. The van der Waals surface area contributed by atoms with E-state index in [1.807, 2.05) is 65.8 Å². The van der Waals surface area contributed by atoms with E-state index in [4.69, 9.17) is 84.2 Å². The summed E-state index contributed by atoms with van der Waals surface area (Å²) in [5.41, 5.74) is 1.25. The maximum absolute atomic E-state index is 13.8. The Morgan fingerprint density at radius 2 is 0.639 bits per heavy atom. The van der Waals surface area contributed by atoms with E-state index in [0.717, 1.165) is 0 Å². The number of hydrogen-bond acceptors (Lipinski definition) is 26. The average molecular weight is 1360 g/mol. The van der Waals surface area contributed by atoms with Gasteiger partial charge >= 0.3 is 17.9 Å². The van der Waals surface area contributed by atoms with E-state index in [2.05, 4.69) is 30.5 Å². The van der Waals surface area contributed by atoms with Crippen molar-refractivity contribution in [1.82, 2.24) is 20.9 Å². The van der Waals surface area contributed by atoms with Gasteiger partial charge in [0, 0.05) is 77.7 Å². The van der Waals surface area contributed by atoms with E-state index in [1.165, 1.54) is 0 Å². The third-order valence-corrected chi connectivity index (χ3v) is 15.1. The monoisotopic (exact) mass is 1360 g/mol. The predicted molar refractivity (Wildman–Crippen MR) is 353 cm³/mol. The van der Waals surface area contributed by atoms with E-state index < -0.39 is 34.2 Å². The normalized spacial score (nSPS) is 16.6. The highest BCUT2D eigenvalue weighted by Gasteiger charge is 2.39. The third kappa shape index (κ3) is 32.7. The van der Waals surface area contributed by atoms with E-state index >= 15 is 0 Å². The number of hydrogen-bond donors (Lipinski definition) is 3. The number of carbonyl (C=O) groups is 3. The lowest BCUT2D eigenvalue weighted by molar-refractivity contribution is -0.141. The second-order valence-electron chi connectivity index (χ2n) is 24.8. The SMILES string of the molecule is [C-]#[N+]/C(C#N)=C1/CC(C)(C)CC(NCCOCCN(CCOCCNC2=C(C(=O)OCCOCCOCCOC)C(=C(C#N)C#N)CC(C)(C)C2)CCOCCNC2=C(C(=O)OCCOCCOCCOC)/C(=C(/C#N)[N+]#[C-])CC(C)(C)C2)=C1C(=O)OCCOCCOCCOC. The summed E-state index contributed by atoms with van der Waals surface area (Å²) in [5, 5.41) is 50.0. The van der Waals surface area contributed by atoms with Crippen LogP contribution in [0.2, 0.25) is 0 Å². The molecule has 97 heavy (non-hydrogen) atoms. The van der Waals surface area contributed by atoms with Gasteiger partial charge in [-0.1, -0.05) is 41.5 Å². The fourth-order valence-electron chi connectivity index (χ4n) is 10.7. The van der Waals surface area contributed by atoms with Crippen molar-refractivity contribution in [2.24, 2.45) is 16.2 Å². The molecule has 0 aromatic carbocycles. The van der Waals surface area contributed by atoms with Crippen molar-refractivity contribution in [3.05, 3.63) is 90.3 Å². The Morgan fingerprint density at radius 1 is 0.381 bits per heavy atom. The quantitative estimate of drug-likeness (QED) is 0.0215. The van der Waals surface area contributed by atoms with Gasteiger partial charge in [-0.25, -0.2) is 34.6 Å². The number of allylic oxidation sites excluding steroid dienone is 6. The minimum absolute atomic E-state index is 0.0572. The van der Waals surface area contributed by atoms with E-state index in [0.29, 0.717) is 151 Å². The Morgan fingerprint density at radius 3 is 0.907 bits per heavy atom. The lowest BCUT2D eigenvalue weighted by atomic mass is 9.72. The zero-order valence-electron chi connectivity index (χ0n) is 58.4. The largest absolute Gasteiger partial charge is 0.460 e. The number of carbonyl (C=O) groups excluding carboxylic acids is 3. The summed E-state index contributed by atoms with van der Waals surface area (Å²) in [6, 6.07) is 7.86. The van der Waals surface area contributed by atoms with Crippen molar-refractivity contribution in [2.45, 2.75) is 80.1 Å². The molecule has 3 N–H and O–H groups in total. The van der Waals surface area contributed by atoms with Crippen molar-refractivity contribution >= 4 is 17.9 Å². The second kappa shape index (κ2) is 48.4. The Labute approximate surface area is 573 Å². The molecule has 28 nitrogen and oxygen atoms in total. The molecular formula is C69H102N10O18. The van der Waals surface area contributed by atoms with Crippen LogP contribution in [0.5, 0.6) is 0 Å². The molecule has 536 valence electrons. The highest BCUT2D eigenvalue weighted by atomic mass is 16.6. The van der Waals surface area contributed by atoms with Gasteiger partial charge in [-0.15, -0.1) is 0 Å². The van der Waals surface area contributed by atoms with Crippen LogP contribution in [0.25, 0.3) is 9.69 Å². The zero-order chi connectivity index (χ0) is 71.2. The minimum Gasteiger partial charge on any atom is -0.460 e. The predicted octanol–water partition coefficient (Wildman–Crippen LogP) is 5.74. The molecule has 3 rings (SSSR count). The van der Waals surface area contributed by atoms with Gasteiger partial charge in [-0.2, -0.15) is 10.5 Å². The van der Waals surface area contributed by atoms with Crippen molar-refractivity contribution in [3.8, 4) is 24.3 Å². The first-order valence-electron chi connectivity index (χ1n) is 32.7. The first-order chi connectivity index (χ1) is 46.8. The zero-order valence-corrected chi connectivity index (χ0v) is 58.4. The van der Waals surface area contributed by atoms with Crippen LogP contribution in [0.1, 0.15) is 80.1 Å². The van der Waals surface area contributed by atoms with Crippen molar-refractivity contribution < 1.29 is 85.4 Å². The van der Waals surface area contributed by atoms with E-state index in [9.17, 15) is 35.4 Å². The highest BCUT2D eigenvalue weighted by Crippen LogP contribution is 2.45. The molecule has 0 saturated carbocycles. The topological polar surface area (TPSA) is 333 Å². The summed E-state index contributed by atoms with van der Waals surface area (Å²) in [6.07, 6.45) is 2.24. The third-order valence-electron chi connectivity index (χ3n) is 15.1. The maximum atomic E-state index is 13.8. The van der Waals surface area contributed by atoms with Crippen LogP contribution in [-0.2, 0) is 85.4 Å². The fraction of sp³-hybridized carbons (Fsp3) is 0.696. The van der Waals surface area contributed by atoms with Crippen LogP contribution in [0.3, 0.4) is 0 Å². The first kappa shape index (κ1) is 83.9. The van der Waals surface area contributed by atoms with Gasteiger partial charge in [0.1, 0.15) is 37.5 Å². The first-order valence-corrected chi connectivity index (χ1v) is 32.7. The number of methoxy groups -OCH3 is 3. The summed E-state index contributed by atoms with van der Waals surface area (Å²) in [6.45, 7) is 36.0. The van der Waals surface area contributed by atoms with Crippen LogP contribution in [0.15, 0.2) is 67.5 Å². The smallest absolute Gasteiger partial charge is 0.340 e. The summed E-state index contributed by atoms with van der Waals surface area (Å²) in [4.78, 5) is 50.4. The molecule has 0 unspecified atom stereocenters. The molecule has 0 aromatic heterocycles. The molecule has 3 aliphatic carbocycles. The fourth-order valence-corrected chi connectivity index (χ4v) is 10.7. The summed E-state index contributed by atoms with van der Waals surface area (Å²) >= 11 is 0. The Hall–Kier alpha value is -7.33. The molecular weight excluding hydrogens is 1260 g/mol. The lowest BCUT2D eigenvalue weighted by Crippen LogP contribution is -2.36. The van der Waals surface area contributed by atoms with Gasteiger partial charge < -0.3 is 87.0 Å². The Kier molecular flexibility index (Phi) is 41.9. The van der Waals surface area contributed by atoms with Gasteiger partial charge in [0.05, 0.1) is 181 Å². The maximum Gasteiger partial charge on any atom is 0.340 e. The minimum atomic E-state index is -0.680. The molecule has 0 aromatic rings. The molecule has 0 fully saturated rings. The number of nitrogens with one attached hydrogen (secondary N) is 3. The molecule has 0 atom stereocenters. The van der Waals surface area contributed by atoms with E-state index in [-0.39, 0.29) is 152 Å². The molecule has 3 aliphatic rings. The van der Waals surface area contributed by atoms with Crippen LogP contribution < -0.4 is 16.0 Å². The summed E-state index contributed by atoms with van der Waals surface area (Å²) in [5.74, 6) is -2.02. The van der Waals surface area contributed by atoms with Crippen LogP contribution in [0, 0.1) is 74.7 Å². The second-order valence-corrected chi connectivity index (χ2v) is 24.8. The molecule has 0 aliphatic heterocycles. The molecule has 0 spiro atoms. The number of nitrogens with zero attached hydrogens (tertiary/aromatic N) is 7. The van der Waals surface area contributed by atoms with Crippen LogP contribution in [0.4, 0.5) is 0 Å². The van der Waals surface area contributed by atoms with Crippen LogP contribution >= 0.6 is 0 Å². The Balaban J connectivity index is 1.77. The van der Waals surface area contributed by atoms with Gasteiger partial charge in [-0.3, -0.25) is 4.90 Å². The van der Waals surface area contributed by atoms with Gasteiger partial charge in [0.2, 0.25) is 0 Å². The number of rotatable bonds is 51. The van der Waals surface area contributed by atoms with Crippen molar-refractivity contribution in [2.75, 3.05) is 219 Å². The average Bonchev–Trinajstić information content (AvgIpc) is 0.801. The molecule has 0 amide bonds. The number of esters is 3. The summed E-state index contributed by atoms with van der Waals surface area (Å²) < 4.78 is 83.3.